The lowest BCUT2D eigenvalue weighted by Gasteiger charge is -2.15. The lowest BCUT2D eigenvalue weighted by atomic mass is 10.1. The van der Waals surface area contributed by atoms with Crippen LogP contribution >= 0.6 is 0 Å². The highest BCUT2D eigenvalue weighted by Crippen LogP contribution is 2.27. The fourth-order valence-electron chi connectivity index (χ4n) is 3.33. The fourth-order valence-corrected chi connectivity index (χ4v) is 3.33. The monoisotopic (exact) mass is 368 g/mol. The Bertz CT molecular complexity index is 971. The number of pyridine rings is 1. The maximum absolute atomic E-state index is 12.8. The van der Waals surface area contributed by atoms with E-state index in [1.54, 1.807) is 25.1 Å². The van der Waals surface area contributed by atoms with Crippen LogP contribution in [0.15, 0.2) is 33.4 Å². The molecular weight excluding hydrogens is 348 g/mol. The van der Waals surface area contributed by atoms with Gasteiger partial charge in [0.15, 0.2) is 5.76 Å². The van der Waals surface area contributed by atoms with Crippen LogP contribution in [0.1, 0.15) is 35.3 Å². The molecule has 0 aromatic carbocycles. The van der Waals surface area contributed by atoms with Crippen molar-refractivity contribution < 1.29 is 18.5 Å². The summed E-state index contributed by atoms with van der Waals surface area (Å²) >= 11 is 0. The molecule has 1 N–H and O–H groups in total. The summed E-state index contributed by atoms with van der Waals surface area (Å²) in [5, 5.41) is 7.30. The van der Waals surface area contributed by atoms with Crippen molar-refractivity contribution in [3.63, 3.8) is 0 Å². The van der Waals surface area contributed by atoms with Crippen molar-refractivity contribution in [1.29, 1.82) is 0 Å². The van der Waals surface area contributed by atoms with Gasteiger partial charge in [0.05, 0.1) is 22.9 Å². The lowest BCUT2D eigenvalue weighted by molar-refractivity contribution is -0.129. The van der Waals surface area contributed by atoms with Crippen molar-refractivity contribution in [2.45, 2.75) is 26.2 Å². The average Bonchev–Trinajstić information content (AvgIpc) is 3.43. The van der Waals surface area contributed by atoms with Crippen LogP contribution in [0, 0.1) is 6.92 Å². The summed E-state index contributed by atoms with van der Waals surface area (Å²) in [5.41, 5.74) is 1.75. The zero-order chi connectivity index (χ0) is 18.8. The Hall–Kier alpha value is -3.16. The van der Waals surface area contributed by atoms with Gasteiger partial charge >= 0.3 is 0 Å². The van der Waals surface area contributed by atoms with Gasteiger partial charge in [-0.05, 0) is 38.0 Å². The standard InChI is InChI=1S/C19H20N4O4/c1-12-17-13(18(25)20-7-6-16(24)23-8-2-3-9-23)11-14(15-5-4-10-26-15)21-19(17)27-22-12/h4-5,10-11H,2-3,6-9H2,1H3,(H,20,25). The molecule has 3 aromatic heterocycles. The number of nitrogens with one attached hydrogen (secondary N) is 1. The summed E-state index contributed by atoms with van der Waals surface area (Å²) in [6.07, 6.45) is 3.93. The second-order valence-corrected chi connectivity index (χ2v) is 6.57. The molecular formula is C19H20N4O4. The summed E-state index contributed by atoms with van der Waals surface area (Å²) < 4.78 is 10.6. The van der Waals surface area contributed by atoms with E-state index in [2.05, 4.69) is 15.5 Å². The number of amides is 2. The number of hydrogen-bond donors (Lipinski definition) is 1. The molecule has 140 valence electrons. The smallest absolute Gasteiger partial charge is 0.259 e. The van der Waals surface area contributed by atoms with Crippen LogP contribution in [0.5, 0.6) is 0 Å². The largest absolute Gasteiger partial charge is 0.463 e. The predicted molar refractivity (Wildman–Crippen MR) is 97.0 cm³/mol. The Morgan fingerprint density at radius 3 is 2.85 bits per heavy atom. The van der Waals surface area contributed by atoms with Gasteiger partial charge in [-0.3, -0.25) is 9.59 Å². The van der Waals surface area contributed by atoms with Gasteiger partial charge in [0, 0.05) is 26.1 Å². The molecule has 8 nitrogen and oxygen atoms in total. The first-order valence-corrected chi connectivity index (χ1v) is 9.00. The number of aryl methyl sites for hydroxylation is 1. The van der Waals surface area contributed by atoms with E-state index in [4.69, 9.17) is 8.94 Å². The first kappa shape index (κ1) is 17.3. The average molecular weight is 368 g/mol. The number of furan rings is 1. The van der Waals surface area contributed by atoms with Crippen LogP contribution in [0.2, 0.25) is 0 Å². The highest BCUT2D eigenvalue weighted by Gasteiger charge is 2.21. The molecule has 1 aliphatic heterocycles. The number of likely N-dealkylation sites (tertiary alicyclic amines) is 1. The molecule has 1 saturated heterocycles. The van der Waals surface area contributed by atoms with Crippen molar-refractivity contribution in [3.05, 3.63) is 35.7 Å². The van der Waals surface area contributed by atoms with Crippen molar-refractivity contribution in [3.8, 4) is 11.5 Å². The van der Waals surface area contributed by atoms with Crippen LogP contribution in [-0.4, -0.2) is 46.5 Å². The van der Waals surface area contributed by atoms with E-state index in [0.29, 0.717) is 28.1 Å². The van der Waals surface area contributed by atoms with Gasteiger partial charge in [-0.15, -0.1) is 0 Å². The zero-order valence-electron chi connectivity index (χ0n) is 15.0. The molecule has 1 fully saturated rings. The van der Waals surface area contributed by atoms with E-state index in [1.165, 1.54) is 6.26 Å². The topological polar surface area (TPSA) is 101 Å². The number of carbonyl (C=O) groups excluding carboxylic acids is 2. The molecule has 0 aliphatic carbocycles. The van der Waals surface area contributed by atoms with Gasteiger partial charge in [0.1, 0.15) is 5.69 Å². The maximum Gasteiger partial charge on any atom is 0.259 e. The highest BCUT2D eigenvalue weighted by molar-refractivity contribution is 6.06. The molecule has 0 bridgehead atoms. The number of nitrogens with zero attached hydrogens (tertiary/aromatic N) is 3. The quantitative estimate of drug-likeness (QED) is 0.742. The highest BCUT2D eigenvalue weighted by atomic mass is 16.5. The summed E-state index contributed by atoms with van der Waals surface area (Å²) in [6, 6.07) is 5.16. The first-order valence-electron chi connectivity index (χ1n) is 9.00. The number of rotatable bonds is 5. The van der Waals surface area contributed by atoms with E-state index >= 15 is 0 Å². The third kappa shape index (κ3) is 3.42. The lowest BCUT2D eigenvalue weighted by Crippen LogP contribution is -2.32. The van der Waals surface area contributed by atoms with Crippen molar-refractivity contribution >= 4 is 22.9 Å². The van der Waals surface area contributed by atoms with Gasteiger partial charge in [-0.2, -0.15) is 0 Å². The molecule has 0 saturated carbocycles. The van der Waals surface area contributed by atoms with Crippen LogP contribution in [-0.2, 0) is 4.79 Å². The minimum absolute atomic E-state index is 0.0742. The molecule has 8 heteroatoms. The van der Waals surface area contributed by atoms with E-state index in [0.717, 1.165) is 25.9 Å². The molecule has 0 radical (unpaired) electrons. The van der Waals surface area contributed by atoms with Crippen LogP contribution < -0.4 is 5.32 Å². The Balaban J connectivity index is 1.53. The Morgan fingerprint density at radius 1 is 1.30 bits per heavy atom. The van der Waals surface area contributed by atoms with Gasteiger partial charge in [0.25, 0.3) is 11.6 Å². The molecule has 4 heterocycles. The van der Waals surface area contributed by atoms with Gasteiger partial charge < -0.3 is 19.2 Å². The summed E-state index contributed by atoms with van der Waals surface area (Å²) in [7, 11) is 0. The first-order chi connectivity index (χ1) is 13.1. The van der Waals surface area contributed by atoms with E-state index in [-0.39, 0.29) is 30.5 Å². The number of hydrogen-bond acceptors (Lipinski definition) is 6. The van der Waals surface area contributed by atoms with Gasteiger partial charge in [-0.25, -0.2) is 4.98 Å². The fraction of sp³-hybridized carbons (Fsp3) is 0.368. The predicted octanol–water partition coefficient (Wildman–Crippen LogP) is 2.53. The molecule has 0 atom stereocenters. The minimum Gasteiger partial charge on any atom is -0.463 e. The zero-order valence-corrected chi connectivity index (χ0v) is 15.0. The summed E-state index contributed by atoms with van der Waals surface area (Å²) in [4.78, 5) is 31.1. The summed E-state index contributed by atoms with van der Waals surface area (Å²) in [6.45, 7) is 3.65. The van der Waals surface area contributed by atoms with Gasteiger partial charge in [-0.1, -0.05) is 5.16 Å². The van der Waals surface area contributed by atoms with E-state index in [9.17, 15) is 9.59 Å². The van der Waals surface area contributed by atoms with Gasteiger partial charge in [0.2, 0.25) is 5.91 Å². The third-order valence-electron chi connectivity index (χ3n) is 4.72. The molecule has 0 unspecified atom stereocenters. The van der Waals surface area contributed by atoms with Crippen LogP contribution in [0.4, 0.5) is 0 Å². The number of carbonyl (C=O) groups is 2. The van der Waals surface area contributed by atoms with Crippen LogP contribution in [0.3, 0.4) is 0 Å². The van der Waals surface area contributed by atoms with Crippen molar-refractivity contribution in [2.75, 3.05) is 19.6 Å². The van der Waals surface area contributed by atoms with Crippen molar-refractivity contribution in [2.24, 2.45) is 0 Å². The van der Waals surface area contributed by atoms with Crippen LogP contribution in [0.25, 0.3) is 22.6 Å². The molecule has 3 aromatic rings. The van der Waals surface area contributed by atoms with E-state index < -0.39 is 0 Å². The Labute approximate surface area is 155 Å². The second-order valence-electron chi connectivity index (χ2n) is 6.57. The molecule has 1 aliphatic rings. The van der Waals surface area contributed by atoms with E-state index in [1.807, 2.05) is 4.90 Å². The summed E-state index contributed by atoms with van der Waals surface area (Å²) in [5.74, 6) is 0.310. The Kier molecular flexibility index (Phi) is 4.62. The third-order valence-corrected chi connectivity index (χ3v) is 4.72. The number of aromatic nitrogens is 2. The molecule has 4 rings (SSSR count). The second kappa shape index (κ2) is 7.22. The SMILES string of the molecule is Cc1noc2nc(-c3ccco3)cc(C(=O)NCCC(=O)N3CCCC3)c12. The Morgan fingerprint density at radius 2 is 2.11 bits per heavy atom. The van der Waals surface area contributed by atoms with Crippen molar-refractivity contribution in [1.82, 2.24) is 20.4 Å². The molecule has 27 heavy (non-hydrogen) atoms. The molecule has 2 amide bonds. The number of fused-ring (bicyclic) bond motifs is 1. The maximum atomic E-state index is 12.8. The molecule has 0 spiro atoms. The minimum atomic E-state index is -0.296. The normalized spacial score (nSPS) is 14.0.